The zero-order chi connectivity index (χ0) is 18.9. The molecule has 0 spiro atoms. The van der Waals surface area contributed by atoms with Crippen LogP contribution >= 0.6 is 0 Å². The van der Waals surface area contributed by atoms with E-state index in [1.807, 2.05) is 29.1 Å². The van der Waals surface area contributed by atoms with Crippen molar-refractivity contribution < 1.29 is 0 Å². The second-order valence-electron chi connectivity index (χ2n) is 7.27. The van der Waals surface area contributed by atoms with Crippen molar-refractivity contribution in [3.8, 4) is 17.1 Å². The van der Waals surface area contributed by atoms with E-state index in [1.165, 1.54) is 6.42 Å². The fraction of sp³-hybridized carbons (Fsp3) is 0.261. The van der Waals surface area contributed by atoms with E-state index in [0.29, 0.717) is 6.04 Å². The highest BCUT2D eigenvalue weighted by Crippen LogP contribution is 2.27. The van der Waals surface area contributed by atoms with Gasteiger partial charge >= 0.3 is 0 Å². The lowest BCUT2D eigenvalue weighted by molar-refractivity contribution is 0.628. The molecule has 0 amide bonds. The summed E-state index contributed by atoms with van der Waals surface area (Å²) in [5.74, 6) is 0.850. The Morgan fingerprint density at radius 3 is 2.86 bits per heavy atom. The van der Waals surface area contributed by atoms with Gasteiger partial charge in [-0.2, -0.15) is 5.10 Å². The van der Waals surface area contributed by atoms with Gasteiger partial charge in [0.15, 0.2) is 5.82 Å². The number of fused-ring (bicyclic) bond motifs is 1. The van der Waals surface area contributed by atoms with Gasteiger partial charge in [0.25, 0.3) is 0 Å². The Balaban J connectivity index is 1.57. The van der Waals surface area contributed by atoms with Crippen molar-refractivity contribution in [3.05, 3.63) is 72.2 Å². The van der Waals surface area contributed by atoms with Gasteiger partial charge in [0.05, 0.1) is 23.1 Å². The Morgan fingerprint density at radius 2 is 2.00 bits per heavy atom. The fourth-order valence-electron chi connectivity index (χ4n) is 3.89. The molecular formula is C23H23N5. The molecule has 28 heavy (non-hydrogen) atoms. The molecule has 1 saturated heterocycles. The van der Waals surface area contributed by atoms with Crippen LogP contribution in [0.5, 0.6) is 0 Å². The molecule has 0 bridgehead atoms. The first-order valence-electron chi connectivity index (χ1n) is 9.96. The molecule has 5 rings (SSSR count). The molecule has 1 atom stereocenters. The lowest BCUT2D eigenvalue weighted by Gasteiger charge is -2.11. The molecule has 5 nitrogen and oxygen atoms in total. The fourth-order valence-corrected chi connectivity index (χ4v) is 3.89. The predicted octanol–water partition coefficient (Wildman–Crippen LogP) is 4.47. The van der Waals surface area contributed by atoms with Crippen LogP contribution in [0.4, 0.5) is 0 Å². The van der Waals surface area contributed by atoms with Gasteiger partial charge in [-0.3, -0.25) is 4.98 Å². The van der Waals surface area contributed by atoms with Crippen LogP contribution < -0.4 is 5.32 Å². The van der Waals surface area contributed by atoms with E-state index in [9.17, 15) is 0 Å². The summed E-state index contributed by atoms with van der Waals surface area (Å²) < 4.78 is 1.92. The molecule has 1 aromatic carbocycles. The lowest BCUT2D eigenvalue weighted by atomic mass is 10.1. The van der Waals surface area contributed by atoms with Gasteiger partial charge in [-0.15, -0.1) is 0 Å². The molecule has 4 heterocycles. The number of aryl methyl sites for hydroxylation is 1. The summed E-state index contributed by atoms with van der Waals surface area (Å²) in [5.41, 5.74) is 5.33. The normalized spacial score (nSPS) is 16.7. The Bertz CT molecular complexity index is 1120. The molecule has 0 radical (unpaired) electrons. The van der Waals surface area contributed by atoms with Crippen molar-refractivity contribution in [2.75, 3.05) is 6.54 Å². The SMILES string of the molecule is CCc1cccc(-n2ncc3ccc(-c4cccc(C5CCCN5)n4)cc32)n1. The Morgan fingerprint density at radius 1 is 1.07 bits per heavy atom. The molecular weight excluding hydrogens is 346 g/mol. The van der Waals surface area contributed by atoms with Gasteiger partial charge < -0.3 is 5.32 Å². The van der Waals surface area contributed by atoms with Gasteiger partial charge in [0, 0.05) is 22.7 Å². The lowest BCUT2D eigenvalue weighted by Crippen LogP contribution is -2.14. The highest BCUT2D eigenvalue weighted by Gasteiger charge is 2.18. The van der Waals surface area contributed by atoms with Crippen LogP contribution in [0.25, 0.3) is 28.0 Å². The van der Waals surface area contributed by atoms with Crippen LogP contribution in [0.3, 0.4) is 0 Å². The monoisotopic (exact) mass is 369 g/mol. The van der Waals surface area contributed by atoms with E-state index in [0.717, 1.165) is 58.8 Å². The smallest absolute Gasteiger partial charge is 0.154 e. The van der Waals surface area contributed by atoms with Crippen molar-refractivity contribution in [1.29, 1.82) is 0 Å². The van der Waals surface area contributed by atoms with Crippen LogP contribution in [0.1, 0.15) is 37.2 Å². The van der Waals surface area contributed by atoms with Crippen LogP contribution in [0, 0.1) is 0 Å². The van der Waals surface area contributed by atoms with Crippen molar-refractivity contribution in [2.45, 2.75) is 32.2 Å². The van der Waals surface area contributed by atoms with Gasteiger partial charge in [-0.05, 0) is 56.1 Å². The van der Waals surface area contributed by atoms with Crippen LogP contribution in [-0.2, 0) is 6.42 Å². The minimum atomic E-state index is 0.371. The zero-order valence-corrected chi connectivity index (χ0v) is 16.0. The van der Waals surface area contributed by atoms with Crippen molar-refractivity contribution >= 4 is 10.9 Å². The molecule has 1 aliphatic heterocycles. The van der Waals surface area contributed by atoms with Crippen LogP contribution in [0.15, 0.2) is 60.8 Å². The van der Waals surface area contributed by atoms with Gasteiger partial charge in [-0.1, -0.05) is 31.2 Å². The number of rotatable bonds is 4. The van der Waals surface area contributed by atoms with E-state index in [4.69, 9.17) is 9.97 Å². The molecule has 4 aromatic rings. The standard InChI is InChI=1S/C23H23N5/c1-2-18-6-3-10-23(26-18)28-22-14-16(11-12-17(22)15-25-28)19-7-4-8-21(27-19)20-9-5-13-24-20/h3-4,6-8,10-12,14-15,20,24H,2,5,9,13H2,1H3. The second kappa shape index (κ2) is 7.17. The zero-order valence-electron chi connectivity index (χ0n) is 16.0. The van der Waals surface area contributed by atoms with Gasteiger partial charge in [-0.25, -0.2) is 9.67 Å². The number of benzene rings is 1. The predicted molar refractivity (Wildman–Crippen MR) is 111 cm³/mol. The van der Waals surface area contributed by atoms with E-state index < -0.39 is 0 Å². The quantitative estimate of drug-likeness (QED) is 0.577. The third-order valence-corrected chi connectivity index (χ3v) is 5.43. The summed E-state index contributed by atoms with van der Waals surface area (Å²) in [6.07, 6.45) is 5.17. The largest absolute Gasteiger partial charge is 0.309 e. The Kier molecular flexibility index (Phi) is 4.37. The summed E-state index contributed by atoms with van der Waals surface area (Å²) in [6.45, 7) is 3.19. The average molecular weight is 369 g/mol. The maximum Gasteiger partial charge on any atom is 0.154 e. The molecule has 1 N–H and O–H groups in total. The number of nitrogens with one attached hydrogen (secondary N) is 1. The first kappa shape index (κ1) is 17.1. The molecule has 1 aliphatic rings. The number of hydrogen-bond donors (Lipinski definition) is 1. The van der Waals surface area contributed by atoms with E-state index in [2.05, 4.69) is 53.7 Å². The molecule has 5 heteroatoms. The van der Waals surface area contributed by atoms with E-state index in [-0.39, 0.29) is 0 Å². The minimum Gasteiger partial charge on any atom is -0.309 e. The van der Waals surface area contributed by atoms with E-state index >= 15 is 0 Å². The summed E-state index contributed by atoms with van der Waals surface area (Å²) in [5, 5.41) is 9.21. The molecule has 0 saturated carbocycles. The summed E-state index contributed by atoms with van der Waals surface area (Å²) in [7, 11) is 0. The molecule has 1 fully saturated rings. The van der Waals surface area contributed by atoms with Crippen molar-refractivity contribution in [2.24, 2.45) is 0 Å². The number of hydrogen-bond acceptors (Lipinski definition) is 4. The van der Waals surface area contributed by atoms with Crippen molar-refractivity contribution in [1.82, 2.24) is 25.1 Å². The molecule has 140 valence electrons. The molecule has 3 aromatic heterocycles. The topological polar surface area (TPSA) is 55.6 Å². The molecule has 0 aliphatic carbocycles. The minimum absolute atomic E-state index is 0.371. The second-order valence-corrected chi connectivity index (χ2v) is 7.27. The third kappa shape index (κ3) is 3.08. The highest BCUT2D eigenvalue weighted by molar-refractivity contribution is 5.84. The van der Waals surface area contributed by atoms with Crippen LogP contribution in [0.2, 0.25) is 0 Å². The third-order valence-electron chi connectivity index (χ3n) is 5.43. The summed E-state index contributed by atoms with van der Waals surface area (Å²) >= 11 is 0. The van der Waals surface area contributed by atoms with Gasteiger partial charge in [0.2, 0.25) is 0 Å². The van der Waals surface area contributed by atoms with Crippen molar-refractivity contribution in [3.63, 3.8) is 0 Å². The summed E-state index contributed by atoms with van der Waals surface area (Å²) in [4.78, 5) is 9.67. The first-order valence-corrected chi connectivity index (χ1v) is 9.96. The number of aromatic nitrogens is 4. The maximum absolute atomic E-state index is 4.94. The maximum atomic E-state index is 4.94. The van der Waals surface area contributed by atoms with Gasteiger partial charge in [0.1, 0.15) is 0 Å². The average Bonchev–Trinajstić information content (AvgIpc) is 3.43. The summed E-state index contributed by atoms with van der Waals surface area (Å²) in [6, 6.07) is 19.2. The highest BCUT2D eigenvalue weighted by atomic mass is 15.3. The Hall–Kier alpha value is -3.05. The van der Waals surface area contributed by atoms with Crippen LogP contribution in [-0.4, -0.2) is 26.3 Å². The molecule has 1 unspecified atom stereocenters. The number of nitrogens with zero attached hydrogens (tertiary/aromatic N) is 4. The Labute approximate surface area is 164 Å². The number of pyridine rings is 2. The first-order chi connectivity index (χ1) is 13.8. The van der Waals surface area contributed by atoms with E-state index in [1.54, 1.807) is 0 Å².